The predicted molar refractivity (Wildman–Crippen MR) is 76.8 cm³/mol. The van der Waals surface area contributed by atoms with Crippen LogP contribution in [-0.4, -0.2) is 50.6 Å². The monoisotopic (exact) mass is 311 g/mol. The van der Waals surface area contributed by atoms with Crippen molar-refractivity contribution in [3.8, 4) is 0 Å². The summed E-state index contributed by atoms with van der Waals surface area (Å²) in [6.45, 7) is 2.29. The normalized spacial score (nSPS) is 20.6. The molecular formula is C13H18BrN3O. The number of anilines is 1. The molecule has 1 saturated heterocycles. The Labute approximate surface area is 116 Å². The Bertz CT molecular complexity index is 419. The smallest absolute Gasteiger partial charge is 0.245 e. The van der Waals surface area contributed by atoms with E-state index in [2.05, 4.69) is 21.2 Å². The molecule has 98 valence electrons. The van der Waals surface area contributed by atoms with Crippen molar-refractivity contribution in [1.29, 1.82) is 0 Å². The van der Waals surface area contributed by atoms with Gasteiger partial charge >= 0.3 is 0 Å². The van der Waals surface area contributed by atoms with Gasteiger partial charge in [0.2, 0.25) is 5.91 Å². The van der Waals surface area contributed by atoms with Crippen LogP contribution < -0.4 is 10.2 Å². The van der Waals surface area contributed by atoms with Crippen molar-refractivity contribution in [2.75, 3.05) is 38.6 Å². The first-order valence-corrected chi connectivity index (χ1v) is 6.82. The first kappa shape index (κ1) is 13.5. The Morgan fingerprint density at radius 3 is 2.67 bits per heavy atom. The van der Waals surface area contributed by atoms with Crippen LogP contribution in [0.5, 0.6) is 0 Å². The topological polar surface area (TPSA) is 35.6 Å². The second kappa shape index (κ2) is 5.82. The highest BCUT2D eigenvalue weighted by molar-refractivity contribution is 9.10. The Morgan fingerprint density at radius 2 is 2.06 bits per heavy atom. The summed E-state index contributed by atoms with van der Waals surface area (Å²) in [6, 6.07) is 7.76. The molecule has 1 fully saturated rings. The fraction of sp³-hybridized carbons (Fsp3) is 0.462. The summed E-state index contributed by atoms with van der Waals surface area (Å²) < 4.78 is 1.03. The third-order valence-electron chi connectivity index (χ3n) is 2.98. The zero-order valence-corrected chi connectivity index (χ0v) is 12.3. The Hall–Kier alpha value is -0.910. The molecule has 4 nitrogen and oxygen atoms in total. The number of nitrogens with zero attached hydrogens (tertiary/aromatic N) is 2. The van der Waals surface area contributed by atoms with Crippen LogP contribution >= 0.6 is 15.9 Å². The van der Waals surface area contributed by atoms with Crippen LogP contribution in [0.3, 0.4) is 0 Å². The maximum atomic E-state index is 12.4. The lowest BCUT2D eigenvalue weighted by Gasteiger charge is -2.34. The zero-order valence-electron chi connectivity index (χ0n) is 10.7. The molecule has 0 bridgehead atoms. The van der Waals surface area contributed by atoms with E-state index in [0.29, 0.717) is 0 Å². The van der Waals surface area contributed by atoms with Crippen LogP contribution in [0.15, 0.2) is 28.7 Å². The Kier molecular flexibility index (Phi) is 4.37. The van der Waals surface area contributed by atoms with Crippen LogP contribution in [0.4, 0.5) is 5.69 Å². The van der Waals surface area contributed by atoms with Gasteiger partial charge in [-0.3, -0.25) is 4.79 Å². The standard InChI is InChI=1S/C13H18BrN3O/c1-16(2)9-12-13(18)17(8-7-15-12)11-5-3-10(14)4-6-11/h3-6,12,15H,7-9H2,1-2H3. The number of halogens is 1. The lowest BCUT2D eigenvalue weighted by atomic mass is 10.1. The molecule has 18 heavy (non-hydrogen) atoms. The molecule has 1 unspecified atom stereocenters. The average Bonchev–Trinajstić information content (AvgIpc) is 2.33. The molecule has 1 amide bonds. The van der Waals surface area contributed by atoms with Crippen molar-refractivity contribution >= 4 is 27.5 Å². The van der Waals surface area contributed by atoms with Gasteiger partial charge in [-0.05, 0) is 38.4 Å². The largest absolute Gasteiger partial charge is 0.310 e. The number of piperazine rings is 1. The van der Waals surface area contributed by atoms with Gasteiger partial charge in [0.15, 0.2) is 0 Å². The number of hydrogen-bond acceptors (Lipinski definition) is 3. The quantitative estimate of drug-likeness (QED) is 0.914. The number of carbonyl (C=O) groups is 1. The van der Waals surface area contributed by atoms with Gasteiger partial charge < -0.3 is 15.1 Å². The molecule has 0 spiro atoms. The fourth-order valence-corrected chi connectivity index (χ4v) is 2.39. The maximum Gasteiger partial charge on any atom is 0.245 e. The summed E-state index contributed by atoms with van der Waals surface area (Å²) in [5, 5.41) is 3.27. The van der Waals surface area contributed by atoms with Crippen molar-refractivity contribution in [2.45, 2.75) is 6.04 Å². The number of nitrogens with one attached hydrogen (secondary N) is 1. The lowest BCUT2D eigenvalue weighted by molar-refractivity contribution is -0.121. The van der Waals surface area contributed by atoms with E-state index in [-0.39, 0.29) is 11.9 Å². The summed E-state index contributed by atoms with van der Waals surface area (Å²) in [4.78, 5) is 16.3. The van der Waals surface area contributed by atoms with Gasteiger partial charge in [0.25, 0.3) is 0 Å². The van der Waals surface area contributed by atoms with E-state index in [4.69, 9.17) is 0 Å². The fourth-order valence-electron chi connectivity index (χ4n) is 2.12. The van der Waals surface area contributed by atoms with E-state index in [1.807, 2.05) is 48.2 Å². The van der Waals surface area contributed by atoms with E-state index >= 15 is 0 Å². The molecule has 1 aliphatic heterocycles. The van der Waals surface area contributed by atoms with Gasteiger partial charge in [0.1, 0.15) is 6.04 Å². The molecule has 0 saturated carbocycles. The number of hydrogen-bond donors (Lipinski definition) is 1. The number of amides is 1. The lowest BCUT2D eigenvalue weighted by Crippen LogP contribution is -2.58. The molecule has 0 aromatic heterocycles. The molecule has 0 radical (unpaired) electrons. The van der Waals surface area contributed by atoms with Crippen LogP contribution in [0.2, 0.25) is 0 Å². The summed E-state index contributed by atoms with van der Waals surface area (Å²) >= 11 is 3.41. The van der Waals surface area contributed by atoms with Gasteiger partial charge in [-0.25, -0.2) is 0 Å². The molecule has 0 aliphatic carbocycles. The molecule has 1 N–H and O–H groups in total. The second-order valence-corrected chi connectivity index (χ2v) is 5.65. The van der Waals surface area contributed by atoms with Crippen molar-refractivity contribution < 1.29 is 4.79 Å². The minimum absolute atomic E-state index is 0.114. The maximum absolute atomic E-state index is 12.4. The summed E-state index contributed by atoms with van der Waals surface area (Å²) in [5.41, 5.74) is 0.966. The highest BCUT2D eigenvalue weighted by Gasteiger charge is 2.29. The molecule has 1 heterocycles. The Balaban J connectivity index is 2.13. The molecule has 1 aromatic rings. The van der Waals surface area contributed by atoms with Crippen LogP contribution in [0.25, 0.3) is 0 Å². The molecular weight excluding hydrogens is 294 g/mol. The van der Waals surface area contributed by atoms with Gasteiger partial charge in [-0.15, -0.1) is 0 Å². The van der Waals surface area contributed by atoms with Crippen molar-refractivity contribution in [2.24, 2.45) is 0 Å². The zero-order chi connectivity index (χ0) is 13.1. The van der Waals surface area contributed by atoms with E-state index in [0.717, 1.165) is 29.8 Å². The minimum atomic E-state index is -0.114. The second-order valence-electron chi connectivity index (χ2n) is 4.74. The molecule has 1 aromatic carbocycles. The summed E-state index contributed by atoms with van der Waals surface area (Å²) in [7, 11) is 3.96. The third kappa shape index (κ3) is 3.10. The third-order valence-corrected chi connectivity index (χ3v) is 3.50. The van der Waals surface area contributed by atoms with E-state index in [1.54, 1.807) is 0 Å². The molecule has 1 aliphatic rings. The van der Waals surface area contributed by atoms with Crippen molar-refractivity contribution in [1.82, 2.24) is 10.2 Å². The average molecular weight is 312 g/mol. The molecule has 1 atom stereocenters. The first-order valence-electron chi connectivity index (χ1n) is 6.03. The highest BCUT2D eigenvalue weighted by atomic mass is 79.9. The van der Waals surface area contributed by atoms with Gasteiger partial charge in [0, 0.05) is 29.8 Å². The van der Waals surface area contributed by atoms with Crippen molar-refractivity contribution in [3.63, 3.8) is 0 Å². The predicted octanol–water partition coefficient (Wildman–Crippen LogP) is 1.32. The van der Waals surface area contributed by atoms with E-state index < -0.39 is 0 Å². The first-order chi connectivity index (χ1) is 8.58. The van der Waals surface area contributed by atoms with Crippen LogP contribution in [0, 0.1) is 0 Å². The molecule has 5 heteroatoms. The summed E-state index contributed by atoms with van der Waals surface area (Å²) in [6.07, 6.45) is 0. The van der Waals surface area contributed by atoms with Gasteiger partial charge in [-0.1, -0.05) is 15.9 Å². The number of benzene rings is 1. The number of carbonyl (C=O) groups excluding carboxylic acids is 1. The van der Waals surface area contributed by atoms with E-state index in [1.165, 1.54) is 0 Å². The highest BCUT2D eigenvalue weighted by Crippen LogP contribution is 2.20. The van der Waals surface area contributed by atoms with Gasteiger partial charge in [0.05, 0.1) is 0 Å². The number of likely N-dealkylation sites (N-methyl/N-ethyl adjacent to an activating group) is 1. The summed E-state index contributed by atoms with van der Waals surface area (Å²) in [5.74, 6) is 0.150. The number of rotatable bonds is 3. The van der Waals surface area contributed by atoms with Crippen LogP contribution in [0.1, 0.15) is 0 Å². The SMILES string of the molecule is CN(C)CC1NCCN(c2ccc(Br)cc2)C1=O. The van der Waals surface area contributed by atoms with E-state index in [9.17, 15) is 4.79 Å². The Morgan fingerprint density at radius 1 is 1.39 bits per heavy atom. The molecule has 2 rings (SSSR count). The van der Waals surface area contributed by atoms with Crippen LogP contribution in [-0.2, 0) is 4.79 Å². The minimum Gasteiger partial charge on any atom is -0.310 e. The van der Waals surface area contributed by atoms with Crippen molar-refractivity contribution in [3.05, 3.63) is 28.7 Å². The van der Waals surface area contributed by atoms with Gasteiger partial charge in [-0.2, -0.15) is 0 Å².